The molecule has 0 radical (unpaired) electrons. The molecule has 52 heavy (non-hydrogen) atoms. The number of para-hydroxylation sites is 1. The van der Waals surface area contributed by atoms with Crippen molar-refractivity contribution in [3.63, 3.8) is 0 Å². The molecule has 4 aromatic rings. The number of aromatic amines is 1. The molecule has 0 amide bonds. The van der Waals surface area contributed by atoms with Gasteiger partial charge in [-0.3, -0.25) is 4.79 Å². The molecule has 0 spiro atoms. The summed E-state index contributed by atoms with van der Waals surface area (Å²) in [5, 5.41) is 24.1. The molecule has 7 N–H and O–H groups in total. The highest BCUT2D eigenvalue weighted by Gasteiger charge is 2.31. The predicted molar refractivity (Wildman–Crippen MR) is 202 cm³/mol. The number of H-pyrrole nitrogens is 1. The predicted octanol–water partition coefficient (Wildman–Crippen LogP) is 5.41. The van der Waals surface area contributed by atoms with Crippen molar-refractivity contribution in [2.24, 2.45) is 17.6 Å². The molecule has 7 rings (SSSR count). The number of hydrogen-bond acceptors (Lipinski definition) is 11. The van der Waals surface area contributed by atoms with Crippen molar-refractivity contribution in [1.82, 2.24) is 25.0 Å². The van der Waals surface area contributed by atoms with E-state index in [-0.39, 0.29) is 11.7 Å². The van der Waals surface area contributed by atoms with Gasteiger partial charge in [-0.05, 0) is 93.3 Å². The van der Waals surface area contributed by atoms with Crippen LogP contribution in [0.3, 0.4) is 0 Å². The molecule has 3 aromatic heterocycles. The van der Waals surface area contributed by atoms with Gasteiger partial charge in [-0.15, -0.1) is 0 Å². The highest BCUT2D eigenvalue weighted by atomic mass is 16.5. The van der Waals surface area contributed by atoms with Gasteiger partial charge in [0, 0.05) is 79.1 Å². The van der Waals surface area contributed by atoms with Crippen molar-refractivity contribution >= 4 is 35.3 Å². The second-order valence-electron chi connectivity index (χ2n) is 15.0. The van der Waals surface area contributed by atoms with Gasteiger partial charge in [-0.1, -0.05) is 31.1 Å². The van der Waals surface area contributed by atoms with Crippen LogP contribution in [0.2, 0.25) is 0 Å². The Labute approximate surface area is 304 Å². The topological polar surface area (TPSA) is 187 Å². The summed E-state index contributed by atoms with van der Waals surface area (Å²) in [4.78, 5) is 31.7. The molecular weight excluding hydrogens is 658 g/mol. The van der Waals surface area contributed by atoms with Gasteiger partial charge in [0.15, 0.2) is 11.6 Å². The number of nitrogens with zero attached hydrogens (tertiary/aromatic N) is 6. The highest BCUT2D eigenvalue weighted by molar-refractivity contribution is 5.86. The van der Waals surface area contributed by atoms with Crippen LogP contribution in [0.15, 0.2) is 47.2 Å². The molecule has 1 atom stereocenters. The molecule has 13 heteroatoms. The SMILES string of the molecule is CC(C)C(C(=O)O)c1cc(N2CCC(CCN3CCC(c4cnc(N5CCc6[nH]c(N)c(/C=C(\N)c7ccccc7O)c6C5)nc4)CC3)CC2)no1. The summed E-state index contributed by atoms with van der Waals surface area (Å²) in [5.41, 5.74) is 18.0. The van der Waals surface area contributed by atoms with E-state index in [1.54, 1.807) is 18.2 Å². The first-order valence-corrected chi connectivity index (χ1v) is 18.6. The van der Waals surface area contributed by atoms with Crippen LogP contribution in [-0.2, 0) is 17.8 Å². The van der Waals surface area contributed by atoms with Crippen molar-refractivity contribution in [2.75, 3.05) is 54.8 Å². The van der Waals surface area contributed by atoms with Gasteiger partial charge >= 0.3 is 5.97 Å². The third kappa shape index (κ3) is 7.59. The molecular formula is C39H51N9O4. The Morgan fingerprint density at radius 1 is 1.06 bits per heavy atom. The van der Waals surface area contributed by atoms with E-state index in [1.807, 2.05) is 44.4 Å². The molecule has 2 saturated heterocycles. The van der Waals surface area contributed by atoms with Crippen LogP contribution >= 0.6 is 0 Å². The number of nitrogens with one attached hydrogen (secondary N) is 1. The van der Waals surface area contributed by atoms with Gasteiger partial charge in [0.25, 0.3) is 0 Å². The Hall–Kier alpha value is -5.04. The average Bonchev–Trinajstić information content (AvgIpc) is 3.75. The summed E-state index contributed by atoms with van der Waals surface area (Å²) in [6.07, 6.45) is 12.3. The lowest BCUT2D eigenvalue weighted by Gasteiger charge is -2.35. The minimum atomic E-state index is -0.874. The number of carboxylic acid groups (broad SMARTS) is 1. The lowest BCUT2D eigenvalue weighted by atomic mass is 9.90. The molecule has 1 unspecified atom stereocenters. The first kappa shape index (κ1) is 35.4. The number of nitrogen functional groups attached to an aromatic ring is 1. The summed E-state index contributed by atoms with van der Waals surface area (Å²) < 4.78 is 5.47. The van der Waals surface area contributed by atoms with Crippen molar-refractivity contribution in [3.8, 4) is 5.75 Å². The van der Waals surface area contributed by atoms with Gasteiger partial charge < -0.3 is 45.9 Å². The lowest BCUT2D eigenvalue weighted by molar-refractivity contribution is -0.140. The number of phenolic OH excluding ortho intramolecular Hbond substituents is 1. The number of carboxylic acids is 1. The molecule has 2 fully saturated rings. The Balaban J connectivity index is 0.873. The number of rotatable bonds is 11. The van der Waals surface area contributed by atoms with Crippen LogP contribution < -0.4 is 21.3 Å². The zero-order valence-electron chi connectivity index (χ0n) is 30.2. The van der Waals surface area contributed by atoms with Crippen LogP contribution in [0.1, 0.15) is 91.5 Å². The summed E-state index contributed by atoms with van der Waals surface area (Å²) in [7, 11) is 0. The number of carbonyl (C=O) groups is 1. The Bertz CT molecular complexity index is 1870. The van der Waals surface area contributed by atoms with Gasteiger partial charge in [0.05, 0.1) is 0 Å². The van der Waals surface area contributed by atoms with E-state index in [2.05, 4.69) is 24.8 Å². The Morgan fingerprint density at radius 3 is 2.48 bits per heavy atom. The molecule has 0 saturated carbocycles. The fraction of sp³-hybridized carbons (Fsp3) is 0.487. The number of phenols is 1. The number of anilines is 3. The van der Waals surface area contributed by atoms with Crippen LogP contribution in [0.5, 0.6) is 5.75 Å². The number of piperidine rings is 2. The minimum Gasteiger partial charge on any atom is -0.507 e. The van der Waals surface area contributed by atoms with E-state index >= 15 is 0 Å². The maximum atomic E-state index is 11.7. The number of aliphatic carboxylic acids is 1. The Kier molecular flexibility index (Phi) is 10.4. The maximum Gasteiger partial charge on any atom is 0.314 e. The van der Waals surface area contributed by atoms with Crippen LogP contribution in [-0.4, -0.2) is 80.5 Å². The average molecular weight is 710 g/mol. The third-order valence-electron chi connectivity index (χ3n) is 11.3. The zero-order valence-corrected chi connectivity index (χ0v) is 30.2. The number of fused-ring (bicyclic) bond motifs is 1. The number of hydrogen-bond donors (Lipinski definition) is 5. The molecule has 276 valence electrons. The molecule has 3 aliphatic rings. The number of nitrogens with two attached hydrogens (primary N) is 2. The third-order valence-corrected chi connectivity index (χ3v) is 11.3. The number of aromatic hydroxyl groups is 1. The van der Waals surface area contributed by atoms with Crippen LogP contribution in [0.25, 0.3) is 11.8 Å². The first-order chi connectivity index (χ1) is 25.1. The van der Waals surface area contributed by atoms with Crippen molar-refractivity contribution in [3.05, 3.63) is 76.4 Å². The van der Waals surface area contributed by atoms with E-state index < -0.39 is 11.9 Å². The second-order valence-corrected chi connectivity index (χ2v) is 15.0. The summed E-state index contributed by atoms with van der Waals surface area (Å²) in [5.74, 6) is 2.13. The van der Waals surface area contributed by atoms with Gasteiger partial charge in [0.1, 0.15) is 17.5 Å². The minimum absolute atomic E-state index is 0.0635. The van der Waals surface area contributed by atoms with Crippen molar-refractivity contribution in [2.45, 2.75) is 70.8 Å². The van der Waals surface area contributed by atoms with E-state index in [1.165, 1.54) is 12.0 Å². The lowest BCUT2D eigenvalue weighted by Crippen LogP contribution is -2.37. The van der Waals surface area contributed by atoms with E-state index in [4.69, 9.17) is 26.0 Å². The largest absolute Gasteiger partial charge is 0.507 e. The van der Waals surface area contributed by atoms with Gasteiger partial charge in [-0.2, -0.15) is 0 Å². The van der Waals surface area contributed by atoms with Crippen molar-refractivity contribution in [1.29, 1.82) is 0 Å². The molecule has 0 bridgehead atoms. The maximum absolute atomic E-state index is 11.7. The monoisotopic (exact) mass is 709 g/mol. The van der Waals surface area contributed by atoms with Gasteiger partial charge in [-0.25, -0.2) is 9.97 Å². The molecule has 0 aliphatic carbocycles. The molecule has 13 nitrogen and oxygen atoms in total. The van der Waals surface area contributed by atoms with Crippen molar-refractivity contribution < 1.29 is 19.5 Å². The summed E-state index contributed by atoms with van der Waals surface area (Å²) in [6.45, 7) is 10.3. The van der Waals surface area contributed by atoms with Gasteiger partial charge in [0.2, 0.25) is 5.95 Å². The van der Waals surface area contributed by atoms with Crippen LogP contribution in [0, 0.1) is 11.8 Å². The number of likely N-dealkylation sites (tertiary alicyclic amines) is 1. The van der Waals surface area contributed by atoms with E-state index in [0.29, 0.717) is 47.2 Å². The van der Waals surface area contributed by atoms with E-state index in [0.717, 1.165) is 94.0 Å². The first-order valence-electron chi connectivity index (χ1n) is 18.6. The highest BCUT2D eigenvalue weighted by Crippen LogP contribution is 2.34. The summed E-state index contributed by atoms with van der Waals surface area (Å²) in [6, 6.07) is 8.85. The summed E-state index contributed by atoms with van der Waals surface area (Å²) >= 11 is 0. The molecule has 1 aromatic carbocycles. The standard InChI is InChI=1S/C39H51N9O4/c1-24(2)36(38(50)51)34-20-35(45-52-34)47-16-8-25(9-17-47)7-13-46-14-10-26(11-15-46)27-21-42-39(43-22-27)48-18-12-32-30(23-48)29(37(41)44-32)19-31(40)28-5-3-4-6-33(28)49/h3-6,19-22,24-26,36,44,49H,7-18,23,40-41H2,1-2H3,(H,50,51)/b31-19-. The Morgan fingerprint density at radius 2 is 1.79 bits per heavy atom. The number of benzene rings is 1. The normalized spacial score (nSPS) is 18.6. The fourth-order valence-electron chi connectivity index (χ4n) is 8.15. The number of aromatic nitrogens is 4. The molecule has 6 heterocycles. The van der Waals surface area contributed by atoms with Crippen LogP contribution in [0.4, 0.5) is 17.6 Å². The fourth-order valence-corrected chi connectivity index (χ4v) is 8.15. The van der Waals surface area contributed by atoms with E-state index in [9.17, 15) is 15.0 Å². The zero-order chi connectivity index (χ0) is 36.4. The second kappa shape index (κ2) is 15.3. The smallest absolute Gasteiger partial charge is 0.314 e. The quantitative estimate of drug-likeness (QED) is 0.134. The molecule has 3 aliphatic heterocycles.